The highest BCUT2D eigenvalue weighted by atomic mass is 35.5. The molecule has 0 radical (unpaired) electrons. The van der Waals surface area contributed by atoms with Crippen LogP contribution < -0.4 is 5.73 Å². The van der Waals surface area contributed by atoms with Crippen LogP contribution >= 0.6 is 23.2 Å². The number of primary amides is 1. The summed E-state index contributed by atoms with van der Waals surface area (Å²) in [4.78, 5) is 48.4. The van der Waals surface area contributed by atoms with Crippen LogP contribution in [0, 0.1) is 17.8 Å². The molecule has 1 aromatic carbocycles. The maximum atomic E-state index is 13.1. The molecule has 3 heterocycles. The topological polar surface area (TPSA) is 109 Å². The van der Waals surface area contributed by atoms with Gasteiger partial charge in [0.15, 0.2) is 0 Å². The number of nitrogens with zero attached hydrogens (tertiary/aromatic N) is 4. The molecule has 2 unspecified atom stereocenters. The second-order valence-electron chi connectivity index (χ2n) is 12.9. The normalized spacial score (nSPS) is 19.8. The maximum Gasteiger partial charge on any atom is 0.338 e. The predicted octanol–water partition coefficient (Wildman–Crippen LogP) is 6.27. The summed E-state index contributed by atoms with van der Waals surface area (Å²) in [7, 11) is 1.38. The number of likely N-dealkylation sites (tertiary alicyclic amines) is 2. The third-order valence-corrected chi connectivity index (χ3v) is 10.5. The summed E-state index contributed by atoms with van der Waals surface area (Å²) < 4.78 is 5.16. The number of halogens is 2. The molecule has 0 spiro atoms. The van der Waals surface area contributed by atoms with Gasteiger partial charge in [-0.2, -0.15) is 0 Å². The molecule has 2 atom stereocenters. The van der Waals surface area contributed by atoms with Gasteiger partial charge < -0.3 is 20.3 Å². The van der Waals surface area contributed by atoms with E-state index >= 15 is 0 Å². The monoisotopic (exact) mass is 669 g/mol. The molecular weight excluding hydrogens is 625 g/mol. The van der Waals surface area contributed by atoms with Crippen LogP contribution in [-0.2, 0) is 14.3 Å². The van der Waals surface area contributed by atoms with E-state index in [2.05, 4.69) is 11.8 Å². The summed E-state index contributed by atoms with van der Waals surface area (Å²) in [6.07, 6.45) is 8.92. The highest BCUT2D eigenvalue weighted by Gasteiger charge is 2.37. The molecule has 2 fully saturated rings. The third-order valence-electron chi connectivity index (χ3n) is 10.1. The lowest BCUT2D eigenvalue weighted by Gasteiger charge is -2.42. The first-order chi connectivity index (χ1) is 22.1. The van der Waals surface area contributed by atoms with E-state index in [1.54, 1.807) is 17.2 Å². The number of carbonyl (C=O) groups excluding carboxylic acids is 3. The molecule has 0 saturated carbocycles. The molecule has 2 aromatic rings. The van der Waals surface area contributed by atoms with Crippen LogP contribution in [0.5, 0.6) is 0 Å². The Bertz CT molecular complexity index is 1470. The van der Waals surface area contributed by atoms with Gasteiger partial charge in [-0.1, -0.05) is 36.2 Å². The average Bonchev–Trinajstić information content (AvgIpc) is 3.18. The third kappa shape index (κ3) is 7.69. The van der Waals surface area contributed by atoms with Crippen LogP contribution in [0.4, 0.5) is 4.79 Å². The Hall–Kier alpha value is -3.14. The zero-order valence-corrected chi connectivity index (χ0v) is 28.5. The van der Waals surface area contributed by atoms with Gasteiger partial charge in [-0.3, -0.25) is 14.7 Å². The van der Waals surface area contributed by atoms with E-state index in [4.69, 9.17) is 38.7 Å². The number of urea groups is 1. The molecule has 1 aromatic heterocycles. The predicted molar refractivity (Wildman–Crippen MR) is 181 cm³/mol. The molecule has 9 nitrogen and oxygen atoms in total. The molecule has 3 amide bonds. The van der Waals surface area contributed by atoms with E-state index in [0.29, 0.717) is 52.5 Å². The molecule has 248 valence electrons. The van der Waals surface area contributed by atoms with Crippen molar-refractivity contribution in [3.63, 3.8) is 0 Å². The number of methoxy groups -OCH3 is 1. The van der Waals surface area contributed by atoms with Gasteiger partial charge in [-0.15, -0.1) is 0 Å². The van der Waals surface area contributed by atoms with Gasteiger partial charge >= 0.3 is 12.0 Å². The number of rotatable bonds is 9. The van der Waals surface area contributed by atoms with Gasteiger partial charge in [-0.05, 0) is 105 Å². The van der Waals surface area contributed by atoms with Gasteiger partial charge in [0.2, 0.25) is 5.91 Å². The lowest BCUT2D eigenvalue weighted by molar-refractivity contribution is -0.134. The molecule has 2 N–H and O–H groups in total. The summed E-state index contributed by atoms with van der Waals surface area (Å²) in [5.41, 5.74) is 9.23. The Morgan fingerprint density at radius 3 is 2.35 bits per heavy atom. The van der Waals surface area contributed by atoms with Crippen molar-refractivity contribution in [2.75, 3.05) is 46.4 Å². The number of ether oxygens (including phenoxy) is 1. The zero-order valence-electron chi connectivity index (χ0n) is 27.0. The minimum Gasteiger partial charge on any atom is -0.465 e. The fourth-order valence-electron chi connectivity index (χ4n) is 7.43. The Kier molecular flexibility index (Phi) is 11.3. The maximum absolute atomic E-state index is 13.1. The second kappa shape index (κ2) is 15.2. The summed E-state index contributed by atoms with van der Waals surface area (Å²) in [5.74, 6) is 1.15. The Balaban J connectivity index is 1.22. The molecule has 2 aliphatic heterocycles. The van der Waals surface area contributed by atoms with E-state index < -0.39 is 12.0 Å². The Morgan fingerprint density at radius 1 is 1.04 bits per heavy atom. The van der Waals surface area contributed by atoms with Gasteiger partial charge in [0, 0.05) is 49.4 Å². The molecule has 3 aliphatic rings. The molecule has 0 bridgehead atoms. The largest absolute Gasteiger partial charge is 0.465 e. The Morgan fingerprint density at radius 2 is 1.72 bits per heavy atom. The molecule has 11 heteroatoms. The number of piperidine rings is 2. The summed E-state index contributed by atoms with van der Waals surface area (Å²) >= 11 is 12.8. The van der Waals surface area contributed by atoms with Crippen LogP contribution in [0.2, 0.25) is 10.0 Å². The number of nitrogens with two attached hydrogens (primary N) is 1. The van der Waals surface area contributed by atoms with Gasteiger partial charge in [0.1, 0.15) is 0 Å². The van der Waals surface area contributed by atoms with Crippen molar-refractivity contribution < 1.29 is 19.1 Å². The molecule has 2 saturated heterocycles. The van der Waals surface area contributed by atoms with Crippen molar-refractivity contribution in [2.45, 2.75) is 58.4 Å². The fraction of sp³-hybridized carbons (Fsp3) is 0.543. The van der Waals surface area contributed by atoms with Crippen LogP contribution in [0.25, 0.3) is 11.6 Å². The first-order valence-electron chi connectivity index (χ1n) is 16.4. The van der Waals surface area contributed by atoms with E-state index in [1.165, 1.54) is 7.11 Å². The number of hydrogen-bond donors (Lipinski definition) is 1. The highest BCUT2D eigenvalue weighted by Crippen LogP contribution is 2.43. The van der Waals surface area contributed by atoms with E-state index in [1.807, 2.05) is 36.1 Å². The number of carbonyl (C=O) groups is 3. The number of pyridine rings is 1. The first-order valence-corrected chi connectivity index (χ1v) is 17.2. The van der Waals surface area contributed by atoms with Crippen LogP contribution in [-0.4, -0.2) is 84.0 Å². The van der Waals surface area contributed by atoms with Gasteiger partial charge in [-0.25, -0.2) is 9.59 Å². The smallest absolute Gasteiger partial charge is 0.338 e. The number of benzene rings is 1. The van der Waals surface area contributed by atoms with Crippen molar-refractivity contribution in [2.24, 2.45) is 23.5 Å². The van der Waals surface area contributed by atoms with Gasteiger partial charge in [0.25, 0.3) is 0 Å². The van der Waals surface area contributed by atoms with Crippen molar-refractivity contribution in [3.8, 4) is 0 Å². The standard InChI is InChI=1S/C35H45Cl2N5O4/c1-4-40(35(38)45)12-7-22(2)17-31(43)41-13-8-23(9-14-41)24-10-15-42(16-11-24)33-28-6-5-26(36)18-25(28)19-30(34(44)46-3)29-20-27(37)21-39-32(29)33/h5-6,18-24,33H,4,7-17H2,1-3H3,(H2,38,45). The van der Waals surface area contributed by atoms with E-state index in [9.17, 15) is 14.4 Å². The number of amides is 3. The summed E-state index contributed by atoms with van der Waals surface area (Å²) in [5, 5.41) is 1.06. The zero-order chi connectivity index (χ0) is 33.0. The molecular formula is C35H45Cl2N5O4. The quantitative estimate of drug-likeness (QED) is 0.315. The lowest BCUT2D eigenvalue weighted by atomic mass is 9.78. The summed E-state index contributed by atoms with van der Waals surface area (Å²) in [6, 6.07) is 7.06. The van der Waals surface area contributed by atoms with E-state index in [-0.39, 0.29) is 17.9 Å². The molecule has 46 heavy (non-hydrogen) atoms. The van der Waals surface area contributed by atoms with Crippen molar-refractivity contribution >= 4 is 52.8 Å². The SMILES string of the molecule is CCN(CCC(C)CC(=O)N1CCC(C2CCN(C3c4ccc(Cl)cc4C=C(C(=O)OC)c4cc(Cl)cnc43)CC2)CC1)C(N)=O. The number of aromatic nitrogens is 1. The van der Waals surface area contributed by atoms with Crippen LogP contribution in [0.15, 0.2) is 30.5 Å². The van der Waals surface area contributed by atoms with Gasteiger partial charge in [0.05, 0.1) is 29.4 Å². The highest BCUT2D eigenvalue weighted by molar-refractivity contribution is 6.32. The number of fused-ring (bicyclic) bond motifs is 2. The van der Waals surface area contributed by atoms with Crippen LogP contribution in [0.1, 0.15) is 80.8 Å². The fourth-order valence-corrected chi connectivity index (χ4v) is 7.77. The first kappa shape index (κ1) is 34.2. The lowest BCUT2D eigenvalue weighted by Crippen LogP contribution is -2.44. The second-order valence-corrected chi connectivity index (χ2v) is 13.8. The molecule has 5 rings (SSSR count). The minimum absolute atomic E-state index is 0.160. The van der Waals surface area contributed by atoms with Crippen molar-refractivity contribution in [3.05, 3.63) is 62.9 Å². The van der Waals surface area contributed by atoms with Crippen molar-refractivity contribution in [1.29, 1.82) is 0 Å². The van der Waals surface area contributed by atoms with Crippen molar-refractivity contribution in [1.82, 2.24) is 19.7 Å². The minimum atomic E-state index is -0.443. The number of hydrogen-bond acceptors (Lipinski definition) is 6. The van der Waals surface area contributed by atoms with E-state index in [0.717, 1.165) is 75.1 Å². The number of esters is 1. The van der Waals surface area contributed by atoms with Crippen LogP contribution in [0.3, 0.4) is 0 Å². The molecule has 1 aliphatic carbocycles. The summed E-state index contributed by atoms with van der Waals surface area (Å²) in [6.45, 7) is 8.54. The Labute approximate surface area is 282 Å². The average molecular weight is 671 g/mol.